The normalized spacial score (nSPS) is 10.6. The van der Waals surface area contributed by atoms with Crippen molar-refractivity contribution in [1.29, 1.82) is 0 Å². The molecule has 104 valence electrons. The van der Waals surface area contributed by atoms with Crippen LogP contribution in [0.25, 0.3) is 0 Å². The van der Waals surface area contributed by atoms with Gasteiger partial charge in [0.15, 0.2) is 0 Å². The first kappa shape index (κ1) is 14.2. The first-order valence-corrected chi connectivity index (χ1v) is 6.95. The summed E-state index contributed by atoms with van der Waals surface area (Å²) in [5, 5.41) is 3.22. The van der Waals surface area contributed by atoms with E-state index in [-0.39, 0.29) is 11.8 Å². The summed E-state index contributed by atoms with van der Waals surface area (Å²) in [5.41, 5.74) is 6.18. The molecule has 5 nitrogen and oxygen atoms in total. The number of hydrogen-bond acceptors (Lipinski definition) is 4. The quantitative estimate of drug-likeness (QED) is 0.907. The number of anilines is 1. The van der Waals surface area contributed by atoms with E-state index in [9.17, 15) is 9.59 Å². The Hall–Kier alpha value is -2.21. The molecule has 2 aromatic rings. The Labute approximate surface area is 120 Å². The number of pyridine rings is 1. The first-order chi connectivity index (χ1) is 9.49. The summed E-state index contributed by atoms with van der Waals surface area (Å²) in [7, 11) is 0. The molecule has 0 unspecified atom stereocenters. The van der Waals surface area contributed by atoms with E-state index in [0.29, 0.717) is 16.1 Å². The summed E-state index contributed by atoms with van der Waals surface area (Å²) in [6.45, 7) is 4.04. The Kier molecular flexibility index (Phi) is 4.14. The summed E-state index contributed by atoms with van der Waals surface area (Å²) in [6.07, 6.45) is 3.08. The molecule has 2 aromatic heterocycles. The number of hydrogen-bond donors (Lipinski definition) is 2. The maximum Gasteiger partial charge on any atom is 0.256 e. The van der Waals surface area contributed by atoms with Crippen LogP contribution in [0, 0.1) is 0 Å². The molecule has 2 heterocycles. The predicted octanol–water partition coefficient (Wildman–Crippen LogP) is 2.62. The molecule has 6 heteroatoms. The topological polar surface area (TPSA) is 85.1 Å². The molecule has 0 atom stereocenters. The Morgan fingerprint density at radius 1 is 1.30 bits per heavy atom. The van der Waals surface area contributed by atoms with Gasteiger partial charge in [-0.3, -0.25) is 14.6 Å². The molecule has 0 spiro atoms. The van der Waals surface area contributed by atoms with Gasteiger partial charge in [-0.1, -0.05) is 13.8 Å². The molecule has 0 aromatic carbocycles. The Morgan fingerprint density at radius 2 is 1.95 bits per heavy atom. The van der Waals surface area contributed by atoms with Gasteiger partial charge in [-0.15, -0.1) is 11.3 Å². The number of nitrogens with two attached hydrogens (primary N) is 1. The lowest BCUT2D eigenvalue weighted by Gasteiger charge is -2.04. The molecule has 0 aliphatic heterocycles. The zero-order valence-corrected chi connectivity index (χ0v) is 12.0. The third-order valence-corrected chi connectivity index (χ3v) is 4.11. The molecule has 2 amide bonds. The molecule has 0 fully saturated rings. The van der Waals surface area contributed by atoms with Gasteiger partial charge < -0.3 is 11.1 Å². The summed E-state index contributed by atoms with van der Waals surface area (Å²) in [4.78, 5) is 28.4. The van der Waals surface area contributed by atoms with Crippen molar-refractivity contribution in [3.8, 4) is 0 Å². The summed E-state index contributed by atoms with van der Waals surface area (Å²) >= 11 is 1.37. The van der Waals surface area contributed by atoms with Crippen molar-refractivity contribution < 1.29 is 9.59 Å². The number of nitrogens with one attached hydrogen (secondary N) is 1. The van der Waals surface area contributed by atoms with Gasteiger partial charge in [0.1, 0.15) is 5.00 Å². The van der Waals surface area contributed by atoms with Gasteiger partial charge in [-0.05, 0) is 24.1 Å². The molecular weight excluding hydrogens is 274 g/mol. The van der Waals surface area contributed by atoms with Gasteiger partial charge in [0.2, 0.25) is 0 Å². The number of nitrogens with zero attached hydrogens (tertiary/aromatic N) is 1. The molecule has 0 aliphatic carbocycles. The molecular formula is C14H15N3O2S. The summed E-state index contributed by atoms with van der Waals surface area (Å²) in [5.74, 6) is -0.560. The third kappa shape index (κ3) is 3.03. The van der Waals surface area contributed by atoms with Gasteiger partial charge in [-0.25, -0.2) is 0 Å². The highest BCUT2D eigenvalue weighted by molar-refractivity contribution is 7.16. The molecule has 0 saturated carbocycles. The number of rotatable bonds is 4. The van der Waals surface area contributed by atoms with Crippen molar-refractivity contribution in [2.75, 3.05) is 5.32 Å². The highest BCUT2D eigenvalue weighted by Crippen LogP contribution is 2.32. The summed E-state index contributed by atoms with van der Waals surface area (Å²) in [6, 6.07) is 4.95. The number of aromatic nitrogens is 1. The van der Waals surface area contributed by atoms with E-state index in [2.05, 4.69) is 10.3 Å². The molecule has 2 rings (SSSR count). The predicted molar refractivity (Wildman–Crippen MR) is 79.1 cm³/mol. The Bertz CT molecular complexity index is 635. The lowest BCUT2D eigenvalue weighted by atomic mass is 10.1. The van der Waals surface area contributed by atoms with E-state index < -0.39 is 5.91 Å². The monoisotopic (exact) mass is 289 g/mol. The van der Waals surface area contributed by atoms with Crippen LogP contribution in [0.4, 0.5) is 5.00 Å². The number of amides is 2. The fourth-order valence-corrected chi connectivity index (χ4v) is 2.71. The van der Waals surface area contributed by atoms with Gasteiger partial charge in [-0.2, -0.15) is 0 Å². The third-order valence-electron chi connectivity index (χ3n) is 2.76. The van der Waals surface area contributed by atoms with Crippen LogP contribution in [0.5, 0.6) is 0 Å². The van der Waals surface area contributed by atoms with Crippen LogP contribution in [0.2, 0.25) is 0 Å². The molecule has 0 bridgehead atoms. The second-order valence-corrected chi connectivity index (χ2v) is 5.68. The lowest BCUT2D eigenvalue weighted by molar-refractivity contribution is 0.100. The smallest absolute Gasteiger partial charge is 0.256 e. The van der Waals surface area contributed by atoms with Crippen LogP contribution in [0.15, 0.2) is 30.6 Å². The van der Waals surface area contributed by atoms with Crippen molar-refractivity contribution in [2.24, 2.45) is 5.73 Å². The second kappa shape index (κ2) is 5.83. The molecule has 0 saturated heterocycles. The van der Waals surface area contributed by atoms with E-state index in [1.54, 1.807) is 18.2 Å². The number of carbonyl (C=O) groups excluding carboxylic acids is 2. The van der Waals surface area contributed by atoms with E-state index in [0.717, 1.165) is 4.88 Å². The fourth-order valence-electron chi connectivity index (χ4n) is 1.65. The van der Waals surface area contributed by atoms with E-state index in [4.69, 9.17) is 5.73 Å². The van der Waals surface area contributed by atoms with Crippen LogP contribution in [0.3, 0.4) is 0 Å². The Morgan fingerprint density at radius 3 is 2.50 bits per heavy atom. The van der Waals surface area contributed by atoms with Crippen LogP contribution < -0.4 is 11.1 Å². The van der Waals surface area contributed by atoms with Gasteiger partial charge in [0, 0.05) is 22.8 Å². The maximum absolute atomic E-state index is 12.1. The van der Waals surface area contributed by atoms with Crippen molar-refractivity contribution in [1.82, 2.24) is 4.98 Å². The molecule has 20 heavy (non-hydrogen) atoms. The van der Waals surface area contributed by atoms with Crippen LogP contribution >= 0.6 is 11.3 Å². The average Bonchev–Trinajstić information content (AvgIpc) is 2.84. The second-order valence-electron chi connectivity index (χ2n) is 4.60. The molecule has 0 radical (unpaired) electrons. The van der Waals surface area contributed by atoms with Crippen LogP contribution in [0.1, 0.15) is 45.4 Å². The number of primary amides is 1. The lowest BCUT2D eigenvalue weighted by Crippen LogP contribution is -2.16. The molecule has 0 aliphatic rings. The van der Waals surface area contributed by atoms with E-state index in [1.165, 1.54) is 23.7 Å². The highest BCUT2D eigenvalue weighted by Gasteiger charge is 2.17. The SMILES string of the molecule is CC(C)c1cc(C(N)=O)c(NC(=O)c2ccncc2)s1. The number of carbonyl (C=O) groups is 2. The van der Waals surface area contributed by atoms with Crippen molar-refractivity contribution in [3.05, 3.63) is 46.6 Å². The first-order valence-electron chi connectivity index (χ1n) is 6.14. The van der Waals surface area contributed by atoms with Crippen LogP contribution in [-0.2, 0) is 0 Å². The zero-order valence-electron chi connectivity index (χ0n) is 11.2. The van der Waals surface area contributed by atoms with Crippen LogP contribution in [-0.4, -0.2) is 16.8 Å². The fraction of sp³-hybridized carbons (Fsp3) is 0.214. The maximum atomic E-state index is 12.1. The van der Waals surface area contributed by atoms with Gasteiger partial charge in [0.05, 0.1) is 5.56 Å². The minimum Gasteiger partial charge on any atom is -0.366 e. The van der Waals surface area contributed by atoms with Crippen molar-refractivity contribution in [2.45, 2.75) is 19.8 Å². The van der Waals surface area contributed by atoms with E-state index in [1.807, 2.05) is 13.8 Å². The largest absolute Gasteiger partial charge is 0.366 e. The molecule has 3 N–H and O–H groups in total. The van der Waals surface area contributed by atoms with Gasteiger partial charge in [0.25, 0.3) is 11.8 Å². The highest BCUT2D eigenvalue weighted by atomic mass is 32.1. The summed E-state index contributed by atoms with van der Waals surface area (Å²) < 4.78 is 0. The Balaban J connectivity index is 2.29. The van der Waals surface area contributed by atoms with Crippen molar-refractivity contribution >= 4 is 28.2 Å². The minimum atomic E-state index is -0.543. The minimum absolute atomic E-state index is 0.268. The van der Waals surface area contributed by atoms with E-state index >= 15 is 0 Å². The van der Waals surface area contributed by atoms with Gasteiger partial charge >= 0.3 is 0 Å². The standard InChI is InChI=1S/C14H15N3O2S/c1-8(2)11-7-10(12(15)18)14(20-11)17-13(19)9-3-5-16-6-4-9/h3-8H,1-2H3,(H2,15,18)(H,17,19). The van der Waals surface area contributed by atoms with Crippen molar-refractivity contribution in [3.63, 3.8) is 0 Å². The number of thiophene rings is 1. The zero-order chi connectivity index (χ0) is 14.7. The average molecular weight is 289 g/mol.